The van der Waals surface area contributed by atoms with Gasteiger partial charge in [0.15, 0.2) is 0 Å². The zero-order valence-electron chi connectivity index (χ0n) is 12.9. The predicted molar refractivity (Wildman–Crippen MR) is 80.1 cm³/mol. The molecule has 1 aromatic carbocycles. The first kappa shape index (κ1) is 17.5. The number of fused-ring (bicyclic) bond motifs is 3. The average Bonchev–Trinajstić information content (AvgIpc) is 2.93. The number of nitrogens with zero attached hydrogens (tertiary/aromatic N) is 2. The zero-order chi connectivity index (χ0) is 18.6. The maximum absolute atomic E-state index is 13.5. The fraction of sp³-hybridized carbons (Fsp3) is 0.375. The van der Waals surface area contributed by atoms with E-state index < -0.39 is 30.4 Å². The van der Waals surface area contributed by atoms with E-state index in [9.17, 15) is 31.1 Å². The Bertz CT molecular complexity index is 882. The third-order valence-corrected chi connectivity index (χ3v) is 4.32. The lowest BCUT2D eigenvalue weighted by atomic mass is 9.93. The van der Waals surface area contributed by atoms with E-state index in [1.807, 2.05) is 0 Å². The summed E-state index contributed by atoms with van der Waals surface area (Å²) < 4.78 is 78.7. The summed E-state index contributed by atoms with van der Waals surface area (Å²) in [6.07, 6.45) is -6.49. The number of carbonyl (C=O) groups excluding carboxylic acids is 1. The Kier molecular flexibility index (Phi) is 3.92. The van der Waals surface area contributed by atoms with Gasteiger partial charge in [-0.3, -0.25) is 9.79 Å². The monoisotopic (exact) mass is 362 g/mol. The summed E-state index contributed by atoms with van der Waals surface area (Å²) in [6.45, 7) is 1.15. The fourth-order valence-electron chi connectivity index (χ4n) is 3.40. The van der Waals surface area contributed by atoms with Crippen LogP contribution in [0.25, 0.3) is 12.2 Å². The van der Waals surface area contributed by atoms with Crippen LogP contribution in [0.4, 0.5) is 37.7 Å². The van der Waals surface area contributed by atoms with E-state index >= 15 is 0 Å². The summed E-state index contributed by atoms with van der Waals surface area (Å²) in [7, 11) is 0. The van der Waals surface area contributed by atoms with Crippen LogP contribution in [-0.2, 0) is 11.0 Å². The summed E-state index contributed by atoms with van der Waals surface area (Å²) in [4.78, 5) is 16.0. The average molecular weight is 362 g/mol. The molecule has 0 fully saturated rings. The third-order valence-electron chi connectivity index (χ3n) is 4.32. The lowest BCUT2D eigenvalue weighted by Crippen LogP contribution is -2.47. The Balaban J connectivity index is 2.29. The molecule has 0 aromatic heterocycles. The van der Waals surface area contributed by atoms with Gasteiger partial charge in [0.1, 0.15) is 0 Å². The molecule has 3 nitrogen and oxygen atoms in total. The van der Waals surface area contributed by atoms with Crippen LogP contribution in [0, 0.1) is 6.92 Å². The van der Waals surface area contributed by atoms with Gasteiger partial charge in [-0.25, -0.2) is 0 Å². The highest BCUT2D eigenvalue weighted by molar-refractivity contribution is 5.99. The van der Waals surface area contributed by atoms with Gasteiger partial charge in [0.2, 0.25) is 6.41 Å². The Morgan fingerprint density at radius 3 is 2.48 bits per heavy atom. The number of anilines is 1. The zero-order valence-corrected chi connectivity index (χ0v) is 12.9. The maximum Gasteiger partial charge on any atom is 0.418 e. The normalized spacial score (nSPS) is 19.2. The number of hydrogen-bond donors (Lipinski definition) is 0. The molecular weight excluding hydrogens is 350 g/mol. The molecular formula is C16H12F6N2O. The van der Waals surface area contributed by atoms with Crippen LogP contribution in [0.2, 0.25) is 0 Å². The molecule has 0 spiro atoms. The third kappa shape index (κ3) is 2.91. The molecule has 1 unspecified atom stereocenters. The second-order valence-electron chi connectivity index (χ2n) is 5.89. The summed E-state index contributed by atoms with van der Waals surface area (Å²) >= 11 is 0. The SMILES string of the molecule is Cc1c(C(F)(F)F)c2c(c3c1N(C=O)C(CC(F)(F)F)CC=3)=CC=N2. The predicted octanol–water partition coefficient (Wildman–Crippen LogP) is 2.98. The Morgan fingerprint density at radius 2 is 1.92 bits per heavy atom. The van der Waals surface area contributed by atoms with Crippen LogP contribution < -0.4 is 15.3 Å². The molecule has 9 heteroatoms. The number of carbonyl (C=O) groups is 1. The van der Waals surface area contributed by atoms with Crippen molar-refractivity contribution in [2.45, 2.75) is 38.2 Å². The number of benzene rings is 1. The number of alkyl halides is 6. The van der Waals surface area contributed by atoms with Gasteiger partial charge < -0.3 is 4.90 Å². The first-order valence-corrected chi connectivity index (χ1v) is 7.33. The molecule has 0 radical (unpaired) electrons. The van der Waals surface area contributed by atoms with Crippen LogP contribution in [-0.4, -0.2) is 24.8 Å². The Labute approximate surface area is 137 Å². The minimum atomic E-state index is -4.75. The molecule has 0 saturated carbocycles. The van der Waals surface area contributed by atoms with Gasteiger partial charge in [0.05, 0.1) is 23.4 Å². The lowest BCUT2D eigenvalue weighted by Gasteiger charge is -2.34. The molecule has 0 aliphatic carbocycles. The maximum atomic E-state index is 13.5. The van der Waals surface area contributed by atoms with Gasteiger partial charge in [-0.1, -0.05) is 6.08 Å². The molecule has 1 aromatic rings. The highest BCUT2D eigenvalue weighted by atomic mass is 19.4. The van der Waals surface area contributed by atoms with E-state index in [0.717, 1.165) is 11.8 Å². The summed E-state index contributed by atoms with van der Waals surface area (Å²) in [5.41, 5.74) is -1.73. The van der Waals surface area contributed by atoms with Crippen molar-refractivity contribution in [2.24, 2.45) is 4.99 Å². The van der Waals surface area contributed by atoms with Gasteiger partial charge >= 0.3 is 12.4 Å². The molecule has 25 heavy (non-hydrogen) atoms. The van der Waals surface area contributed by atoms with E-state index in [-0.39, 0.29) is 35.0 Å². The van der Waals surface area contributed by atoms with Crippen LogP contribution in [0.5, 0.6) is 0 Å². The summed E-state index contributed by atoms with van der Waals surface area (Å²) in [5, 5.41) is 0.480. The number of hydrogen-bond acceptors (Lipinski definition) is 2. The molecule has 1 amide bonds. The van der Waals surface area contributed by atoms with E-state index in [1.54, 1.807) is 0 Å². The smallest absolute Gasteiger partial charge is 0.310 e. The van der Waals surface area contributed by atoms with Gasteiger partial charge in [0.25, 0.3) is 0 Å². The van der Waals surface area contributed by atoms with Crippen molar-refractivity contribution in [1.82, 2.24) is 0 Å². The van der Waals surface area contributed by atoms with Gasteiger partial charge in [-0.2, -0.15) is 26.3 Å². The molecule has 2 aliphatic rings. The lowest BCUT2D eigenvalue weighted by molar-refractivity contribution is -0.140. The van der Waals surface area contributed by atoms with Crippen molar-refractivity contribution in [3.05, 3.63) is 21.6 Å². The van der Waals surface area contributed by atoms with Gasteiger partial charge in [-0.15, -0.1) is 0 Å². The van der Waals surface area contributed by atoms with E-state index in [2.05, 4.69) is 4.99 Å². The van der Waals surface area contributed by atoms with Crippen molar-refractivity contribution >= 4 is 36.2 Å². The largest absolute Gasteiger partial charge is 0.418 e. The standard InChI is InChI=1S/C16H12F6N2O/c1-8-12(16(20,21)22)13-10(4-5-23-13)11-3-2-9(6-15(17,18)19)24(7-25)14(8)11/h3-5,7,9H,2,6H2,1H3. The molecule has 0 saturated heterocycles. The molecule has 1 atom stereocenters. The quantitative estimate of drug-likeness (QED) is 0.588. The summed E-state index contributed by atoms with van der Waals surface area (Å²) in [6, 6.07) is -1.27. The van der Waals surface area contributed by atoms with Gasteiger partial charge in [0, 0.05) is 22.7 Å². The molecule has 0 bridgehead atoms. The topological polar surface area (TPSA) is 32.7 Å². The number of rotatable bonds is 2. The summed E-state index contributed by atoms with van der Waals surface area (Å²) in [5.74, 6) is 0. The minimum Gasteiger partial charge on any atom is -0.310 e. The van der Waals surface area contributed by atoms with E-state index in [0.29, 0.717) is 5.22 Å². The van der Waals surface area contributed by atoms with Crippen molar-refractivity contribution in [3.8, 4) is 0 Å². The molecule has 3 rings (SSSR count). The van der Waals surface area contributed by atoms with Crippen LogP contribution >= 0.6 is 0 Å². The number of halogens is 6. The second kappa shape index (κ2) is 5.60. The van der Waals surface area contributed by atoms with Crippen molar-refractivity contribution in [3.63, 3.8) is 0 Å². The van der Waals surface area contributed by atoms with Crippen LogP contribution in [0.1, 0.15) is 24.0 Å². The fourth-order valence-corrected chi connectivity index (χ4v) is 3.40. The van der Waals surface area contributed by atoms with Gasteiger partial charge in [-0.05, 0) is 25.0 Å². The van der Waals surface area contributed by atoms with Crippen LogP contribution in [0.15, 0.2) is 4.99 Å². The van der Waals surface area contributed by atoms with E-state index in [1.165, 1.54) is 18.4 Å². The Hall–Kier alpha value is -2.32. The second-order valence-corrected chi connectivity index (χ2v) is 5.89. The Morgan fingerprint density at radius 1 is 1.24 bits per heavy atom. The molecule has 2 heterocycles. The van der Waals surface area contributed by atoms with Crippen LogP contribution in [0.3, 0.4) is 0 Å². The number of amides is 1. The van der Waals surface area contributed by atoms with Crippen molar-refractivity contribution in [1.29, 1.82) is 0 Å². The first-order chi connectivity index (χ1) is 11.5. The van der Waals surface area contributed by atoms with E-state index in [4.69, 9.17) is 0 Å². The number of aliphatic imine (C=N–C) groups is 1. The first-order valence-electron chi connectivity index (χ1n) is 7.33. The molecule has 134 valence electrons. The molecule has 0 N–H and O–H groups in total. The van der Waals surface area contributed by atoms with Crippen molar-refractivity contribution in [2.75, 3.05) is 4.90 Å². The highest BCUT2D eigenvalue weighted by Gasteiger charge is 2.41. The minimum absolute atomic E-state index is 0.101. The highest BCUT2D eigenvalue weighted by Crippen LogP contribution is 2.41. The van der Waals surface area contributed by atoms with Crippen molar-refractivity contribution < 1.29 is 31.1 Å². The molecule has 2 aliphatic heterocycles.